The van der Waals surface area contributed by atoms with E-state index in [1.165, 1.54) is 63.4 Å². The molecule has 4 aliphatic rings. The zero-order chi connectivity index (χ0) is 26.3. The highest BCUT2D eigenvalue weighted by Crippen LogP contribution is 2.63. The van der Waals surface area contributed by atoms with Gasteiger partial charge in [-0.3, -0.25) is 4.79 Å². The number of aliphatic hydroxyl groups excluding tert-OH is 1. The predicted octanol–water partition coefficient (Wildman–Crippen LogP) is 7.18. The van der Waals surface area contributed by atoms with Crippen LogP contribution >= 0.6 is 0 Å². The molecule has 4 fully saturated rings. The van der Waals surface area contributed by atoms with Crippen molar-refractivity contribution in [1.82, 2.24) is 0 Å². The van der Waals surface area contributed by atoms with Gasteiger partial charge in [-0.1, -0.05) is 26.0 Å². The van der Waals surface area contributed by atoms with Crippen LogP contribution in [0.25, 0.3) is 0 Å². The first kappa shape index (κ1) is 26.3. The van der Waals surface area contributed by atoms with Gasteiger partial charge in [-0.2, -0.15) is 0 Å². The minimum atomic E-state index is -0.615. The van der Waals surface area contributed by atoms with E-state index in [1.54, 1.807) is 6.92 Å². The molecule has 4 nitrogen and oxygen atoms in total. The van der Waals surface area contributed by atoms with E-state index in [4.69, 9.17) is 4.74 Å². The second-order valence-electron chi connectivity index (χ2n) is 13.4. The number of benzene rings is 2. The SMILES string of the molecule is CC(=O)c1ccc(N(C)CC(O)COc2ccc(C34CCC5CC[C@@](C)(C3)C[C@](C)(CC5)C4)cc2)cc1. The third-order valence-electron chi connectivity index (χ3n) is 9.84. The molecule has 0 spiro atoms. The van der Waals surface area contributed by atoms with Crippen LogP contribution < -0.4 is 9.64 Å². The van der Waals surface area contributed by atoms with Crippen LogP contribution in [0.5, 0.6) is 5.75 Å². The Bertz CT molecular complexity index is 1070. The molecule has 4 bridgehead atoms. The molecule has 4 aliphatic carbocycles. The number of ketones is 1. The molecule has 0 aromatic heterocycles. The van der Waals surface area contributed by atoms with Crippen LogP contribution in [-0.2, 0) is 5.41 Å². The largest absolute Gasteiger partial charge is 0.491 e. The van der Waals surface area contributed by atoms with Gasteiger partial charge in [0.2, 0.25) is 0 Å². The van der Waals surface area contributed by atoms with Crippen molar-refractivity contribution in [3.63, 3.8) is 0 Å². The second kappa shape index (κ2) is 10.1. The summed E-state index contributed by atoms with van der Waals surface area (Å²) in [6, 6.07) is 16.4. The third-order valence-corrected chi connectivity index (χ3v) is 9.84. The number of carbonyl (C=O) groups excluding carboxylic acids is 1. The van der Waals surface area contributed by atoms with Gasteiger partial charge in [0.05, 0.1) is 0 Å². The molecule has 0 saturated heterocycles. The van der Waals surface area contributed by atoms with E-state index in [0.29, 0.717) is 28.4 Å². The van der Waals surface area contributed by atoms with Crippen molar-refractivity contribution in [3.05, 3.63) is 59.7 Å². The maximum atomic E-state index is 11.5. The van der Waals surface area contributed by atoms with Gasteiger partial charge in [-0.25, -0.2) is 0 Å². The van der Waals surface area contributed by atoms with Crippen LogP contribution in [0.15, 0.2) is 48.5 Å². The summed E-state index contributed by atoms with van der Waals surface area (Å²) in [6.07, 6.45) is 11.8. The van der Waals surface area contributed by atoms with Crippen molar-refractivity contribution in [3.8, 4) is 5.75 Å². The zero-order valence-electron chi connectivity index (χ0n) is 23.3. The minimum Gasteiger partial charge on any atom is -0.491 e. The lowest BCUT2D eigenvalue weighted by molar-refractivity contribution is -0.0327. The normalized spacial score (nSPS) is 31.8. The van der Waals surface area contributed by atoms with E-state index >= 15 is 0 Å². The van der Waals surface area contributed by atoms with Crippen molar-refractivity contribution in [1.29, 1.82) is 0 Å². The average molecular weight is 504 g/mol. The third kappa shape index (κ3) is 5.74. The lowest BCUT2D eigenvalue weighted by Crippen LogP contribution is -2.49. The molecule has 4 saturated carbocycles. The van der Waals surface area contributed by atoms with E-state index in [9.17, 15) is 9.90 Å². The number of anilines is 1. The van der Waals surface area contributed by atoms with Gasteiger partial charge >= 0.3 is 0 Å². The number of rotatable bonds is 8. The topological polar surface area (TPSA) is 49.8 Å². The van der Waals surface area contributed by atoms with Crippen molar-refractivity contribution < 1.29 is 14.6 Å². The highest BCUT2D eigenvalue weighted by Gasteiger charge is 2.53. The van der Waals surface area contributed by atoms with Crippen molar-refractivity contribution in [2.45, 2.75) is 90.1 Å². The Kier molecular flexibility index (Phi) is 7.17. The number of carbonyl (C=O) groups is 1. The predicted molar refractivity (Wildman–Crippen MR) is 151 cm³/mol. The maximum absolute atomic E-state index is 11.5. The van der Waals surface area contributed by atoms with Gasteiger partial charge in [0, 0.05) is 24.8 Å². The number of aliphatic hydroxyl groups is 1. The number of ether oxygens (including phenoxy) is 1. The molecule has 6 rings (SSSR count). The van der Waals surface area contributed by atoms with Gasteiger partial charge in [0.1, 0.15) is 18.5 Å². The van der Waals surface area contributed by atoms with Crippen LogP contribution in [0.1, 0.15) is 94.5 Å². The number of likely N-dealkylation sites (N-methyl/N-ethyl adjacent to an activating group) is 1. The fraction of sp³-hybridized carbons (Fsp3) is 0.606. The van der Waals surface area contributed by atoms with E-state index in [2.05, 4.69) is 38.1 Å². The number of fused-ring (bicyclic) bond motifs is 3. The Balaban J connectivity index is 1.22. The summed E-state index contributed by atoms with van der Waals surface area (Å²) in [5.74, 6) is 1.79. The van der Waals surface area contributed by atoms with E-state index in [1.807, 2.05) is 36.2 Å². The molecule has 1 N–H and O–H groups in total. The highest BCUT2D eigenvalue weighted by atomic mass is 16.5. The fourth-order valence-electron chi connectivity index (χ4n) is 8.27. The zero-order valence-corrected chi connectivity index (χ0v) is 23.3. The van der Waals surface area contributed by atoms with Crippen LogP contribution in [0.2, 0.25) is 0 Å². The summed E-state index contributed by atoms with van der Waals surface area (Å²) in [5.41, 5.74) is 4.37. The number of nitrogens with zero attached hydrogens (tertiary/aromatic N) is 1. The van der Waals surface area contributed by atoms with Crippen LogP contribution in [0.4, 0.5) is 5.69 Å². The molecule has 4 heteroatoms. The van der Waals surface area contributed by atoms with Crippen LogP contribution in [0.3, 0.4) is 0 Å². The molecule has 0 amide bonds. The van der Waals surface area contributed by atoms with E-state index in [0.717, 1.165) is 17.4 Å². The summed E-state index contributed by atoms with van der Waals surface area (Å²) in [7, 11) is 1.94. The summed E-state index contributed by atoms with van der Waals surface area (Å²) in [6.45, 7) is 7.41. The molecule has 5 atom stereocenters. The summed E-state index contributed by atoms with van der Waals surface area (Å²) < 4.78 is 6.01. The van der Waals surface area contributed by atoms with Gasteiger partial charge in [0.15, 0.2) is 5.78 Å². The van der Waals surface area contributed by atoms with Gasteiger partial charge < -0.3 is 14.7 Å². The number of Topliss-reactive ketones (excluding diaryl/α,β-unsaturated/α-hetero) is 1. The molecular weight excluding hydrogens is 458 g/mol. The Hall–Kier alpha value is -2.33. The first-order valence-electron chi connectivity index (χ1n) is 14.3. The monoisotopic (exact) mass is 503 g/mol. The Morgan fingerprint density at radius 1 is 0.946 bits per heavy atom. The first-order valence-corrected chi connectivity index (χ1v) is 14.3. The van der Waals surface area contributed by atoms with Crippen molar-refractivity contribution >= 4 is 11.5 Å². The van der Waals surface area contributed by atoms with Gasteiger partial charge in [-0.15, -0.1) is 0 Å². The average Bonchev–Trinajstić information content (AvgIpc) is 2.85. The maximum Gasteiger partial charge on any atom is 0.159 e. The van der Waals surface area contributed by atoms with E-state index in [-0.39, 0.29) is 12.4 Å². The fourth-order valence-corrected chi connectivity index (χ4v) is 8.27. The van der Waals surface area contributed by atoms with Crippen molar-refractivity contribution in [2.75, 3.05) is 25.1 Å². The minimum absolute atomic E-state index is 0.0572. The van der Waals surface area contributed by atoms with Crippen LogP contribution in [-0.4, -0.2) is 37.2 Å². The summed E-state index contributed by atoms with van der Waals surface area (Å²) >= 11 is 0. The quantitative estimate of drug-likeness (QED) is 0.388. The summed E-state index contributed by atoms with van der Waals surface area (Å²) in [4.78, 5) is 13.5. The molecule has 0 radical (unpaired) electrons. The molecule has 2 aromatic rings. The summed E-state index contributed by atoms with van der Waals surface area (Å²) in [5, 5.41) is 10.6. The molecule has 2 aromatic carbocycles. The second-order valence-corrected chi connectivity index (χ2v) is 13.4. The lowest BCUT2D eigenvalue weighted by atomic mass is 9.46. The Labute approximate surface area is 223 Å². The lowest BCUT2D eigenvalue weighted by Gasteiger charge is -2.58. The van der Waals surface area contributed by atoms with Gasteiger partial charge in [-0.05, 0) is 129 Å². The van der Waals surface area contributed by atoms with Gasteiger partial charge in [0.25, 0.3) is 0 Å². The smallest absolute Gasteiger partial charge is 0.159 e. The number of hydrogen-bond donors (Lipinski definition) is 1. The number of hydrogen-bond acceptors (Lipinski definition) is 4. The molecule has 0 heterocycles. The molecule has 37 heavy (non-hydrogen) atoms. The molecule has 3 unspecified atom stereocenters. The standard InChI is InChI=1S/C33H45NO3/c1-24(35)26-5-9-28(10-6-26)34(4)19-29(36)20-37-30-11-7-27(8-12-30)33-18-15-25-13-16-31(2,22-33)21-32(3,23-33)17-14-25/h5-12,25,29,36H,13-23H2,1-4H3/t25?,29?,31-,32+,33?. The van der Waals surface area contributed by atoms with Crippen molar-refractivity contribution in [2.24, 2.45) is 16.7 Å². The molecular formula is C33H45NO3. The Morgan fingerprint density at radius 2 is 1.54 bits per heavy atom. The van der Waals surface area contributed by atoms with Crippen LogP contribution in [0, 0.1) is 16.7 Å². The molecule has 0 aliphatic heterocycles. The highest BCUT2D eigenvalue weighted by molar-refractivity contribution is 5.94. The first-order chi connectivity index (χ1) is 17.6. The Morgan fingerprint density at radius 3 is 2.14 bits per heavy atom. The van der Waals surface area contributed by atoms with E-state index < -0.39 is 6.10 Å². The molecule has 200 valence electrons.